The molecule has 0 bridgehead atoms. The number of aromatic carboxylic acids is 2. The van der Waals surface area contributed by atoms with Crippen LogP contribution in [0.3, 0.4) is 0 Å². The van der Waals surface area contributed by atoms with Gasteiger partial charge in [0.2, 0.25) is 11.9 Å². The van der Waals surface area contributed by atoms with E-state index in [1.807, 2.05) is 0 Å². The van der Waals surface area contributed by atoms with E-state index in [1.165, 1.54) is 0 Å². The molecular formula is C8H5NO7. The zero-order chi connectivity index (χ0) is 12.3. The number of hydrogen-bond donors (Lipinski definition) is 2. The molecule has 0 saturated carbocycles. The average Bonchev–Trinajstić information content (AvgIpc) is 2.16. The van der Waals surface area contributed by atoms with Gasteiger partial charge in [0.1, 0.15) is 11.1 Å². The summed E-state index contributed by atoms with van der Waals surface area (Å²) < 4.78 is 4.26. The molecule has 0 aliphatic rings. The molecule has 1 heterocycles. The van der Waals surface area contributed by atoms with Gasteiger partial charge >= 0.3 is 11.9 Å². The van der Waals surface area contributed by atoms with Gasteiger partial charge in [-0.2, -0.15) is 4.73 Å². The Balaban J connectivity index is 3.53. The molecule has 2 N–H and O–H groups in total. The molecule has 0 aliphatic heterocycles. The molecule has 1 aromatic rings. The number of carboxylic acids is 2. The molecule has 0 fully saturated rings. The van der Waals surface area contributed by atoms with Crippen LogP contribution in [0.4, 0.5) is 0 Å². The summed E-state index contributed by atoms with van der Waals surface area (Å²) in [6.45, 7) is -0.104. The van der Waals surface area contributed by atoms with Crippen molar-refractivity contribution in [3.63, 3.8) is 0 Å². The Morgan fingerprint density at radius 2 is 1.94 bits per heavy atom. The third kappa shape index (κ3) is 2.05. The van der Waals surface area contributed by atoms with E-state index in [4.69, 9.17) is 10.2 Å². The third-order valence-electron chi connectivity index (χ3n) is 1.64. The second kappa shape index (κ2) is 4.26. The normalized spacial score (nSPS) is 9.50. The summed E-state index contributed by atoms with van der Waals surface area (Å²) in [5.74, 6) is -3.86. The van der Waals surface area contributed by atoms with Crippen LogP contribution in [0.15, 0.2) is 12.4 Å². The molecule has 1 rings (SSSR count). The molecule has 0 unspecified atom stereocenters. The van der Waals surface area contributed by atoms with Gasteiger partial charge in [0.15, 0.2) is 6.20 Å². The second-order valence-electron chi connectivity index (χ2n) is 2.60. The van der Waals surface area contributed by atoms with Crippen molar-refractivity contribution in [1.29, 1.82) is 0 Å². The number of pyridine rings is 1. The third-order valence-corrected chi connectivity index (χ3v) is 1.64. The van der Waals surface area contributed by atoms with E-state index in [-0.39, 0.29) is 11.2 Å². The van der Waals surface area contributed by atoms with Crippen molar-refractivity contribution in [2.24, 2.45) is 0 Å². The number of carbonyl (C=O) groups is 3. The Morgan fingerprint density at radius 1 is 1.31 bits per heavy atom. The second-order valence-corrected chi connectivity index (χ2v) is 2.60. The fourth-order valence-electron chi connectivity index (χ4n) is 1.07. The van der Waals surface area contributed by atoms with E-state index >= 15 is 0 Å². The largest absolute Gasteiger partial charge is 0.619 e. The quantitative estimate of drug-likeness (QED) is 0.393. The molecule has 84 valence electrons. The smallest absolute Gasteiger partial charge is 0.342 e. The van der Waals surface area contributed by atoms with Gasteiger partial charge in [-0.05, 0) is 0 Å². The van der Waals surface area contributed by atoms with Crippen molar-refractivity contribution >= 4 is 18.4 Å². The minimum absolute atomic E-state index is 0.0364. The molecule has 0 atom stereocenters. The van der Waals surface area contributed by atoms with Crippen molar-refractivity contribution in [3.8, 4) is 5.75 Å². The number of rotatable bonds is 4. The van der Waals surface area contributed by atoms with Crippen molar-refractivity contribution in [2.75, 3.05) is 0 Å². The van der Waals surface area contributed by atoms with Gasteiger partial charge in [-0.25, -0.2) is 9.59 Å². The van der Waals surface area contributed by atoms with Crippen molar-refractivity contribution < 1.29 is 34.1 Å². The molecule has 0 aliphatic carbocycles. The van der Waals surface area contributed by atoms with E-state index in [9.17, 15) is 19.6 Å². The molecule has 16 heavy (non-hydrogen) atoms. The van der Waals surface area contributed by atoms with Crippen LogP contribution >= 0.6 is 0 Å². The van der Waals surface area contributed by atoms with Gasteiger partial charge < -0.3 is 20.2 Å². The first-order valence-electron chi connectivity index (χ1n) is 3.81. The molecule has 0 radical (unpaired) electrons. The molecule has 1 aromatic heterocycles. The molecule has 0 spiro atoms. The molecule has 8 nitrogen and oxygen atoms in total. The van der Waals surface area contributed by atoms with Gasteiger partial charge in [0, 0.05) is 0 Å². The molecule has 0 saturated heterocycles. The Bertz CT molecular complexity index is 468. The van der Waals surface area contributed by atoms with Crippen LogP contribution in [0.1, 0.15) is 20.7 Å². The van der Waals surface area contributed by atoms with Crippen LogP contribution in [-0.4, -0.2) is 28.6 Å². The Kier molecular flexibility index (Phi) is 3.04. The fourth-order valence-corrected chi connectivity index (χ4v) is 1.07. The highest BCUT2D eigenvalue weighted by atomic mass is 16.5. The Labute approximate surface area is 87.9 Å². The average molecular weight is 227 g/mol. The summed E-state index contributed by atoms with van der Waals surface area (Å²) in [5.41, 5.74) is -1.52. The SMILES string of the molecule is O=COc1c[n+]([O-])cc(C(=O)O)c1C(=O)O. The highest BCUT2D eigenvalue weighted by Crippen LogP contribution is 2.19. The number of carboxylic acid groups (broad SMARTS) is 2. The summed E-state index contributed by atoms with van der Waals surface area (Å²) in [7, 11) is 0. The minimum atomic E-state index is -1.62. The van der Waals surface area contributed by atoms with Crippen molar-refractivity contribution in [3.05, 3.63) is 28.7 Å². The van der Waals surface area contributed by atoms with E-state index in [2.05, 4.69) is 4.74 Å². The summed E-state index contributed by atoms with van der Waals surface area (Å²) in [4.78, 5) is 31.5. The predicted molar refractivity (Wildman–Crippen MR) is 46.0 cm³/mol. The standard InChI is InChI=1S/C8H5NO7/c10-3-16-5-2-9(15)1-4(7(11)12)6(5)8(13)14/h1-3H,(H,11,12)(H,13,14). The van der Waals surface area contributed by atoms with E-state index in [0.29, 0.717) is 12.4 Å². The van der Waals surface area contributed by atoms with Crippen LogP contribution in [0.25, 0.3) is 0 Å². The van der Waals surface area contributed by atoms with E-state index < -0.39 is 28.8 Å². The fraction of sp³-hybridized carbons (Fsp3) is 0. The summed E-state index contributed by atoms with van der Waals surface area (Å²) in [5, 5.41) is 28.3. The topological polar surface area (TPSA) is 128 Å². The van der Waals surface area contributed by atoms with E-state index in [0.717, 1.165) is 0 Å². The van der Waals surface area contributed by atoms with Crippen LogP contribution in [0.5, 0.6) is 5.75 Å². The first kappa shape index (κ1) is 11.4. The maximum atomic E-state index is 10.9. The van der Waals surface area contributed by atoms with Gasteiger partial charge in [-0.1, -0.05) is 0 Å². The first-order chi connectivity index (χ1) is 7.47. The van der Waals surface area contributed by atoms with Gasteiger partial charge in [-0.15, -0.1) is 0 Å². The summed E-state index contributed by atoms with van der Waals surface area (Å²) in [6, 6.07) is 0. The highest BCUT2D eigenvalue weighted by molar-refractivity contribution is 6.03. The summed E-state index contributed by atoms with van der Waals surface area (Å²) >= 11 is 0. The number of hydrogen-bond acceptors (Lipinski definition) is 5. The van der Waals surface area contributed by atoms with Gasteiger partial charge in [-0.3, -0.25) is 4.79 Å². The Morgan fingerprint density at radius 3 is 2.38 bits per heavy atom. The predicted octanol–water partition coefficient (Wildman–Crippen LogP) is -0.748. The summed E-state index contributed by atoms with van der Waals surface area (Å²) in [6.07, 6.45) is 1.20. The molecule has 0 aromatic carbocycles. The van der Waals surface area contributed by atoms with Crippen LogP contribution < -0.4 is 9.47 Å². The Hall–Kier alpha value is -2.64. The van der Waals surface area contributed by atoms with Crippen LogP contribution in [-0.2, 0) is 4.79 Å². The molecule has 0 amide bonds. The zero-order valence-electron chi connectivity index (χ0n) is 7.61. The number of aromatic nitrogens is 1. The van der Waals surface area contributed by atoms with Gasteiger partial charge in [0.05, 0.1) is 0 Å². The highest BCUT2D eigenvalue weighted by Gasteiger charge is 2.26. The van der Waals surface area contributed by atoms with Crippen LogP contribution in [0, 0.1) is 5.21 Å². The molecule has 8 heteroatoms. The number of nitrogens with zero attached hydrogens (tertiary/aromatic N) is 1. The number of carbonyl (C=O) groups excluding carboxylic acids is 1. The first-order valence-corrected chi connectivity index (χ1v) is 3.81. The lowest BCUT2D eigenvalue weighted by Crippen LogP contribution is -2.29. The maximum Gasteiger partial charge on any atom is 0.342 e. The van der Waals surface area contributed by atoms with Gasteiger partial charge in [0.25, 0.3) is 6.47 Å². The zero-order valence-corrected chi connectivity index (χ0v) is 7.61. The monoisotopic (exact) mass is 227 g/mol. The van der Waals surface area contributed by atoms with Crippen LogP contribution in [0.2, 0.25) is 0 Å². The minimum Gasteiger partial charge on any atom is -0.619 e. The van der Waals surface area contributed by atoms with Crippen molar-refractivity contribution in [1.82, 2.24) is 0 Å². The maximum absolute atomic E-state index is 10.9. The number of ether oxygens (including phenoxy) is 1. The lowest BCUT2D eigenvalue weighted by atomic mass is 10.1. The molecular weight excluding hydrogens is 222 g/mol. The lowest BCUT2D eigenvalue weighted by Gasteiger charge is -2.06. The van der Waals surface area contributed by atoms with Crippen molar-refractivity contribution in [2.45, 2.75) is 0 Å². The van der Waals surface area contributed by atoms with E-state index in [1.54, 1.807) is 0 Å². The lowest BCUT2D eigenvalue weighted by molar-refractivity contribution is -0.605.